The fraction of sp³-hybridized carbons (Fsp3) is 0.143. The summed E-state index contributed by atoms with van der Waals surface area (Å²) in [5, 5.41) is 0.697. The number of benzene rings is 2. The van der Waals surface area contributed by atoms with Crippen molar-refractivity contribution in [3.63, 3.8) is 0 Å². The molecule has 2 nitrogen and oxygen atoms in total. The number of hydrogen-bond acceptors (Lipinski definition) is 2. The van der Waals surface area contributed by atoms with E-state index in [-0.39, 0.29) is 0 Å². The van der Waals surface area contributed by atoms with Gasteiger partial charge < -0.3 is 5.73 Å². The molecule has 0 heterocycles. The van der Waals surface area contributed by atoms with Crippen LogP contribution in [0.5, 0.6) is 0 Å². The normalized spacial score (nSPS) is 12.3. The van der Waals surface area contributed by atoms with E-state index in [4.69, 9.17) is 17.3 Å². The average molecular weight is 280 g/mol. The standard InChI is InChI=1S/C14H14ClNOS/c15-13-5-1-11(2-6-13)9-18(17)10-12-3-7-14(16)8-4-12/h1-8H,9-10,16H2. The molecule has 1 atom stereocenters. The molecule has 0 fully saturated rings. The molecule has 0 bridgehead atoms. The summed E-state index contributed by atoms with van der Waals surface area (Å²) in [7, 11) is -0.919. The van der Waals surface area contributed by atoms with E-state index in [1.54, 1.807) is 0 Å². The molecular formula is C14H14ClNOS. The Kier molecular flexibility index (Phi) is 4.39. The minimum absolute atomic E-state index is 0.543. The molecule has 0 aromatic heterocycles. The molecule has 1 unspecified atom stereocenters. The van der Waals surface area contributed by atoms with Gasteiger partial charge in [0.1, 0.15) is 0 Å². The Balaban J connectivity index is 1.96. The SMILES string of the molecule is Nc1ccc(CS(=O)Cc2ccc(Cl)cc2)cc1. The Morgan fingerprint density at radius 2 is 1.33 bits per heavy atom. The van der Waals surface area contributed by atoms with Crippen molar-refractivity contribution in [3.05, 3.63) is 64.7 Å². The lowest BCUT2D eigenvalue weighted by atomic mass is 10.2. The molecule has 0 aliphatic carbocycles. The molecule has 0 saturated carbocycles. The number of nitrogens with two attached hydrogens (primary N) is 1. The van der Waals surface area contributed by atoms with Crippen molar-refractivity contribution < 1.29 is 4.21 Å². The lowest BCUT2D eigenvalue weighted by Gasteiger charge is -2.04. The summed E-state index contributed by atoms with van der Waals surface area (Å²) in [6.45, 7) is 0. The summed E-state index contributed by atoms with van der Waals surface area (Å²) in [5.74, 6) is 1.09. The molecule has 0 aliphatic rings. The first-order chi connectivity index (χ1) is 8.63. The van der Waals surface area contributed by atoms with E-state index in [0.717, 1.165) is 16.8 Å². The van der Waals surface area contributed by atoms with Crippen molar-refractivity contribution in [3.8, 4) is 0 Å². The summed E-state index contributed by atoms with van der Waals surface area (Å²) in [6, 6.07) is 14.9. The van der Waals surface area contributed by atoms with Gasteiger partial charge in [0.15, 0.2) is 0 Å². The molecule has 0 spiro atoms. The van der Waals surface area contributed by atoms with Gasteiger partial charge in [0.05, 0.1) is 0 Å². The van der Waals surface area contributed by atoms with Crippen molar-refractivity contribution in [2.45, 2.75) is 11.5 Å². The third-order valence-electron chi connectivity index (χ3n) is 2.55. The van der Waals surface area contributed by atoms with Gasteiger partial charge in [-0.1, -0.05) is 35.9 Å². The smallest absolute Gasteiger partial charge is 0.0489 e. The Morgan fingerprint density at radius 1 is 0.889 bits per heavy atom. The van der Waals surface area contributed by atoms with Gasteiger partial charge in [-0.3, -0.25) is 4.21 Å². The zero-order valence-electron chi connectivity index (χ0n) is 9.80. The second-order valence-corrected chi connectivity index (χ2v) is 5.99. The van der Waals surface area contributed by atoms with Gasteiger partial charge in [-0.2, -0.15) is 0 Å². The van der Waals surface area contributed by atoms with Crippen molar-refractivity contribution in [2.75, 3.05) is 5.73 Å². The first-order valence-electron chi connectivity index (χ1n) is 5.57. The Labute approximate surface area is 114 Å². The molecule has 0 aliphatic heterocycles. The minimum atomic E-state index is -0.919. The van der Waals surface area contributed by atoms with E-state index in [2.05, 4.69) is 0 Å². The van der Waals surface area contributed by atoms with E-state index < -0.39 is 10.8 Å². The zero-order valence-corrected chi connectivity index (χ0v) is 11.4. The van der Waals surface area contributed by atoms with Crippen molar-refractivity contribution in [1.29, 1.82) is 0 Å². The van der Waals surface area contributed by atoms with E-state index in [1.807, 2.05) is 48.5 Å². The third kappa shape index (κ3) is 3.86. The molecule has 94 valence electrons. The highest BCUT2D eigenvalue weighted by molar-refractivity contribution is 7.83. The predicted molar refractivity (Wildman–Crippen MR) is 77.9 cm³/mol. The van der Waals surface area contributed by atoms with E-state index in [1.165, 1.54) is 0 Å². The summed E-state index contributed by atoms with van der Waals surface area (Å²) in [5.41, 5.74) is 8.40. The Hall–Kier alpha value is -1.32. The van der Waals surface area contributed by atoms with Crippen molar-refractivity contribution in [2.24, 2.45) is 0 Å². The van der Waals surface area contributed by atoms with E-state index in [0.29, 0.717) is 16.5 Å². The molecule has 0 saturated heterocycles. The number of anilines is 1. The van der Waals surface area contributed by atoms with Gasteiger partial charge in [0, 0.05) is 33.0 Å². The first kappa shape index (κ1) is 13.1. The molecule has 0 amide bonds. The highest BCUT2D eigenvalue weighted by atomic mass is 35.5. The average Bonchev–Trinajstić information content (AvgIpc) is 2.35. The predicted octanol–water partition coefficient (Wildman–Crippen LogP) is 3.37. The summed E-state index contributed by atoms with van der Waals surface area (Å²) >= 11 is 5.81. The van der Waals surface area contributed by atoms with Gasteiger partial charge >= 0.3 is 0 Å². The van der Waals surface area contributed by atoms with Crippen LogP contribution in [0.4, 0.5) is 5.69 Å². The van der Waals surface area contributed by atoms with Crippen LogP contribution < -0.4 is 5.73 Å². The number of nitrogen functional groups attached to an aromatic ring is 1. The second kappa shape index (κ2) is 6.03. The highest BCUT2D eigenvalue weighted by Crippen LogP contribution is 2.13. The molecule has 2 aromatic carbocycles. The maximum Gasteiger partial charge on any atom is 0.0489 e. The number of halogens is 1. The highest BCUT2D eigenvalue weighted by Gasteiger charge is 2.03. The third-order valence-corrected chi connectivity index (χ3v) is 4.11. The Bertz CT molecular complexity index is 487. The van der Waals surface area contributed by atoms with Crippen LogP contribution in [0.3, 0.4) is 0 Å². The zero-order chi connectivity index (χ0) is 13.0. The van der Waals surface area contributed by atoms with Crippen LogP contribution in [-0.2, 0) is 22.3 Å². The largest absolute Gasteiger partial charge is 0.399 e. The molecule has 18 heavy (non-hydrogen) atoms. The molecule has 0 radical (unpaired) electrons. The lowest BCUT2D eigenvalue weighted by molar-refractivity contribution is 0.682. The van der Waals surface area contributed by atoms with Gasteiger partial charge in [0.25, 0.3) is 0 Å². The fourth-order valence-electron chi connectivity index (χ4n) is 1.62. The monoisotopic (exact) mass is 279 g/mol. The van der Waals surface area contributed by atoms with Crippen molar-refractivity contribution in [1.82, 2.24) is 0 Å². The van der Waals surface area contributed by atoms with E-state index in [9.17, 15) is 4.21 Å². The maximum absolute atomic E-state index is 12.0. The van der Waals surface area contributed by atoms with Crippen molar-refractivity contribution >= 4 is 28.1 Å². The van der Waals surface area contributed by atoms with Gasteiger partial charge in [0.2, 0.25) is 0 Å². The van der Waals surface area contributed by atoms with Crippen LogP contribution in [0, 0.1) is 0 Å². The van der Waals surface area contributed by atoms with E-state index >= 15 is 0 Å². The fourth-order valence-corrected chi connectivity index (χ4v) is 2.97. The molecule has 2 rings (SSSR count). The number of rotatable bonds is 4. The molecule has 4 heteroatoms. The van der Waals surface area contributed by atoms with Crippen LogP contribution in [0.2, 0.25) is 5.02 Å². The summed E-state index contributed by atoms with van der Waals surface area (Å²) < 4.78 is 12.0. The first-order valence-corrected chi connectivity index (χ1v) is 7.44. The second-order valence-electron chi connectivity index (χ2n) is 4.10. The van der Waals surface area contributed by atoms with Crippen LogP contribution in [0.1, 0.15) is 11.1 Å². The summed E-state index contributed by atoms with van der Waals surface area (Å²) in [6.07, 6.45) is 0. The molecule has 2 aromatic rings. The van der Waals surface area contributed by atoms with Gasteiger partial charge in [-0.05, 0) is 35.4 Å². The lowest BCUT2D eigenvalue weighted by Crippen LogP contribution is -1.99. The Morgan fingerprint density at radius 3 is 1.83 bits per heavy atom. The topological polar surface area (TPSA) is 43.1 Å². The number of hydrogen-bond donors (Lipinski definition) is 1. The minimum Gasteiger partial charge on any atom is -0.399 e. The van der Waals surface area contributed by atoms with Crippen LogP contribution >= 0.6 is 11.6 Å². The molecular weight excluding hydrogens is 266 g/mol. The molecule has 2 N–H and O–H groups in total. The van der Waals surface area contributed by atoms with Crippen LogP contribution in [0.15, 0.2) is 48.5 Å². The summed E-state index contributed by atoms with van der Waals surface area (Å²) in [4.78, 5) is 0. The van der Waals surface area contributed by atoms with Gasteiger partial charge in [-0.15, -0.1) is 0 Å². The quantitative estimate of drug-likeness (QED) is 0.872. The van der Waals surface area contributed by atoms with Gasteiger partial charge in [-0.25, -0.2) is 0 Å². The maximum atomic E-state index is 12.0. The van der Waals surface area contributed by atoms with Crippen LogP contribution in [-0.4, -0.2) is 4.21 Å². The van der Waals surface area contributed by atoms with Crippen LogP contribution in [0.25, 0.3) is 0 Å².